The summed E-state index contributed by atoms with van der Waals surface area (Å²) in [6.07, 6.45) is 0.377. The number of Topliss-reactive ketones (excluding diaryl/α,β-unsaturated/α-hetero) is 1. The van der Waals surface area contributed by atoms with Crippen molar-refractivity contribution in [3.63, 3.8) is 0 Å². The van der Waals surface area contributed by atoms with E-state index in [9.17, 15) is 28.2 Å². The quantitative estimate of drug-likeness (QED) is 0.342. The lowest BCUT2D eigenvalue weighted by Crippen LogP contribution is -2.45. The highest BCUT2D eigenvalue weighted by atomic mass is 32.2. The number of thiophene rings is 1. The highest BCUT2D eigenvalue weighted by Gasteiger charge is 2.57. The predicted molar refractivity (Wildman–Crippen MR) is 174 cm³/mol. The average Bonchev–Trinajstić information content (AvgIpc) is 3.26. The number of fused-ring (bicyclic) bond motifs is 1. The fourth-order valence-electron chi connectivity index (χ4n) is 6.09. The number of aliphatic hydroxyl groups is 2. The topological polar surface area (TPSA) is 137 Å². The van der Waals surface area contributed by atoms with Crippen LogP contribution in [-0.4, -0.2) is 77.1 Å². The summed E-state index contributed by atoms with van der Waals surface area (Å²) in [7, 11) is -2.34. The average molecular weight is 668 g/mol. The molecule has 2 aromatic heterocycles. The van der Waals surface area contributed by atoms with Crippen molar-refractivity contribution in [2.24, 2.45) is 17.3 Å². The third-order valence-corrected chi connectivity index (χ3v) is 13.0. The second-order valence-electron chi connectivity index (χ2n) is 12.8. The van der Waals surface area contributed by atoms with Crippen molar-refractivity contribution in [1.29, 1.82) is 0 Å². The van der Waals surface area contributed by atoms with Crippen LogP contribution in [0.2, 0.25) is 0 Å². The lowest BCUT2D eigenvalue weighted by molar-refractivity contribution is -0.154. The van der Waals surface area contributed by atoms with Crippen LogP contribution in [0.5, 0.6) is 0 Å². The number of esters is 1. The Hall–Kier alpha value is -2.16. The molecule has 2 N–H and O–H groups in total. The highest BCUT2D eigenvalue weighted by molar-refractivity contribution is 7.91. The molecule has 44 heavy (non-hydrogen) atoms. The van der Waals surface area contributed by atoms with Gasteiger partial charge in [-0.2, -0.15) is 12.7 Å². The van der Waals surface area contributed by atoms with E-state index in [0.29, 0.717) is 29.8 Å². The molecule has 0 spiro atoms. The summed E-state index contributed by atoms with van der Waals surface area (Å²) < 4.78 is 36.4. The number of nitrogens with zero attached hydrogens (tertiary/aromatic N) is 3. The number of anilines is 1. The van der Waals surface area contributed by atoms with E-state index in [-0.39, 0.29) is 24.2 Å². The van der Waals surface area contributed by atoms with Crippen LogP contribution in [0.3, 0.4) is 0 Å². The van der Waals surface area contributed by atoms with Gasteiger partial charge in [-0.05, 0) is 61.8 Å². The van der Waals surface area contributed by atoms with Crippen LogP contribution in [0.25, 0.3) is 6.08 Å². The monoisotopic (exact) mass is 667 g/mol. The molecule has 0 aliphatic carbocycles. The number of cyclic esters (lactones) is 1. The van der Waals surface area contributed by atoms with Crippen LogP contribution in [0.4, 0.5) is 5.00 Å². The molecule has 0 saturated carbocycles. The third kappa shape index (κ3) is 7.45. The van der Waals surface area contributed by atoms with E-state index >= 15 is 0 Å². The van der Waals surface area contributed by atoms with Crippen molar-refractivity contribution in [3.05, 3.63) is 39.2 Å². The molecule has 244 valence electrons. The first-order valence-electron chi connectivity index (χ1n) is 15.1. The van der Waals surface area contributed by atoms with Gasteiger partial charge in [0.15, 0.2) is 0 Å². The van der Waals surface area contributed by atoms with Crippen molar-refractivity contribution >= 4 is 55.7 Å². The minimum atomic E-state index is -3.88. The van der Waals surface area contributed by atoms with Crippen molar-refractivity contribution in [2.75, 3.05) is 11.4 Å². The number of aromatic nitrogens is 1. The second kappa shape index (κ2) is 13.7. The van der Waals surface area contributed by atoms with Gasteiger partial charge in [0.05, 0.1) is 34.7 Å². The molecule has 10 nitrogen and oxygen atoms in total. The van der Waals surface area contributed by atoms with Gasteiger partial charge in [-0.15, -0.1) is 22.7 Å². The van der Waals surface area contributed by atoms with Crippen molar-refractivity contribution in [2.45, 2.75) is 104 Å². The standard InChI is InChI=1S/C31H45N3O7S3/c1-18-10-8-11-23-24(34(23)44(39,40)33(7)27-12-9-13-42-27)15-25(19(2)14-22-17-43-21(4)32-22)41-28(36)16-26(35)31(5,6)30(38)20(3)29(18)37/h9,12-14,17-18,20,23-26,29,35,37H,8,10-11,15-16H2,1-7H3/b19-14+. The van der Waals surface area contributed by atoms with Crippen molar-refractivity contribution in [3.8, 4) is 0 Å². The molecule has 0 amide bonds. The fraction of sp³-hybridized carbons (Fsp3) is 0.645. The van der Waals surface area contributed by atoms with E-state index < -0.39 is 58.3 Å². The number of carbonyl (C=O) groups excluding carboxylic acids is 2. The largest absolute Gasteiger partial charge is 0.458 e. The SMILES string of the molecule is C/C(=C\c1csc(C)n1)C1CC2C(CCCC(C)C(O)C(C)C(=O)C(C)(C)C(O)CC(=O)O1)N2S(=O)(=O)N(C)c1cccs1. The summed E-state index contributed by atoms with van der Waals surface area (Å²) >= 11 is 2.83. The van der Waals surface area contributed by atoms with Crippen LogP contribution in [0.1, 0.15) is 77.4 Å². The van der Waals surface area contributed by atoms with E-state index in [2.05, 4.69) is 4.98 Å². The Morgan fingerprint density at radius 2 is 1.89 bits per heavy atom. The van der Waals surface area contributed by atoms with Gasteiger partial charge < -0.3 is 14.9 Å². The molecule has 2 fully saturated rings. The van der Waals surface area contributed by atoms with Gasteiger partial charge in [-0.25, -0.2) is 4.98 Å². The van der Waals surface area contributed by atoms with Gasteiger partial charge in [-0.1, -0.05) is 34.1 Å². The zero-order valence-corrected chi connectivity index (χ0v) is 28.9. The molecule has 2 aromatic rings. The minimum absolute atomic E-state index is 0.227. The number of ether oxygens (including phenoxy) is 1. The molecule has 2 aliphatic rings. The molecule has 8 atom stereocenters. The lowest BCUT2D eigenvalue weighted by atomic mass is 9.73. The van der Waals surface area contributed by atoms with Gasteiger partial charge in [0.1, 0.15) is 16.9 Å². The molecule has 13 heteroatoms. The van der Waals surface area contributed by atoms with E-state index in [0.717, 1.165) is 10.7 Å². The number of aliphatic hydroxyl groups excluding tert-OH is 2. The van der Waals surface area contributed by atoms with Crippen LogP contribution in [0, 0.1) is 24.2 Å². The molecule has 0 aromatic carbocycles. The summed E-state index contributed by atoms with van der Waals surface area (Å²) in [5, 5.41) is 27.3. The molecule has 2 saturated heterocycles. The maximum Gasteiger partial charge on any atom is 0.309 e. The number of aryl methyl sites for hydroxylation is 1. The molecular weight excluding hydrogens is 623 g/mol. The van der Waals surface area contributed by atoms with Gasteiger partial charge in [-0.3, -0.25) is 13.9 Å². The van der Waals surface area contributed by atoms with Crippen LogP contribution in [0.15, 0.2) is 28.5 Å². The Morgan fingerprint density at radius 3 is 2.50 bits per heavy atom. The van der Waals surface area contributed by atoms with E-state index in [1.54, 1.807) is 32.9 Å². The maximum absolute atomic E-state index is 13.9. The van der Waals surface area contributed by atoms with Gasteiger partial charge in [0.25, 0.3) is 0 Å². The summed E-state index contributed by atoms with van der Waals surface area (Å²) in [4.78, 5) is 31.2. The molecular formula is C31H45N3O7S3. The Balaban J connectivity index is 1.69. The van der Waals surface area contributed by atoms with Crippen LogP contribution >= 0.6 is 22.7 Å². The number of hydrogen-bond donors (Lipinski definition) is 2. The Morgan fingerprint density at radius 1 is 1.18 bits per heavy atom. The highest BCUT2D eigenvalue weighted by Crippen LogP contribution is 2.43. The number of hydrogen-bond acceptors (Lipinski definition) is 10. The first-order chi connectivity index (χ1) is 20.5. The lowest BCUT2D eigenvalue weighted by Gasteiger charge is -2.34. The second-order valence-corrected chi connectivity index (χ2v) is 16.6. The fourth-order valence-corrected chi connectivity index (χ4v) is 9.35. The summed E-state index contributed by atoms with van der Waals surface area (Å²) in [5.74, 6) is -2.01. The van der Waals surface area contributed by atoms with E-state index in [1.165, 1.54) is 38.3 Å². The van der Waals surface area contributed by atoms with E-state index in [4.69, 9.17) is 4.74 Å². The Bertz CT molecular complexity index is 1450. The zero-order valence-electron chi connectivity index (χ0n) is 26.5. The van der Waals surface area contributed by atoms with Gasteiger partial charge >= 0.3 is 16.2 Å². The molecule has 8 unspecified atom stereocenters. The minimum Gasteiger partial charge on any atom is -0.458 e. The summed E-state index contributed by atoms with van der Waals surface area (Å²) in [5.41, 5.74) is 0.124. The predicted octanol–water partition coefficient (Wildman–Crippen LogP) is 4.82. The number of carbonyl (C=O) groups is 2. The first-order valence-corrected chi connectivity index (χ1v) is 18.2. The van der Waals surface area contributed by atoms with Crippen molar-refractivity contribution < 1.29 is 33.0 Å². The number of rotatable bonds is 5. The van der Waals surface area contributed by atoms with Crippen LogP contribution < -0.4 is 4.31 Å². The summed E-state index contributed by atoms with van der Waals surface area (Å²) in [6, 6.07) is 2.81. The summed E-state index contributed by atoms with van der Waals surface area (Å²) in [6.45, 7) is 10.4. The number of ketones is 1. The smallest absolute Gasteiger partial charge is 0.309 e. The molecule has 4 heterocycles. The molecule has 0 radical (unpaired) electrons. The Labute approximate surface area is 268 Å². The third-order valence-electron chi connectivity index (χ3n) is 9.18. The Kier molecular flexibility index (Phi) is 10.8. The van der Waals surface area contributed by atoms with Crippen molar-refractivity contribution in [1.82, 2.24) is 9.29 Å². The zero-order chi connectivity index (χ0) is 32.6. The molecule has 0 bridgehead atoms. The van der Waals surface area contributed by atoms with E-state index in [1.807, 2.05) is 37.6 Å². The normalized spacial score (nSPS) is 32.5. The number of thiazole rings is 1. The van der Waals surface area contributed by atoms with Crippen LogP contribution in [-0.2, 0) is 24.5 Å². The first kappa shape index (κ1) is 34.7. The molecule has 2 aliphatic heterocycles. The van der Waals surface area contributed by atoms with Gasteiger partial charge in [0, 0.05) is 36.9 Å². The van der Waals surface area contributed by atoms with Gasteiger partial charge in [0.2, 0.25) is 0 Å². The molecule has 4 rings (SSSR count). The maximum atomic E-state index is 13.9.